The molecule has 1 aliphatic heterocycles. The molecule has 6 heteroatoms. The molecule has 28 heavy (non-hydrogen) atoms. The van der Waals surface area contributed by atoms with Crippen molar-refractivity contribution in [3.63, 3.8) is 0 Å². The average molecular weight is 383 g/mol. The van der Waals surface area contributed by atoms with Crippen molar-refractivity contribution in [3.05, 3.63) is 46.3 Å². The molecule has 1 aliphatic carbocycles. The van der Waals surface area contributed by atoms with Gasteiger partial charge in [-0.1, -0.05) is 6.07 Å². The van der Waals surface area contributed by atoms with E-state index in [9.17, 15) is 4.79 Å². The summed E-state index contributed by atoms with van der Waals surface area (Å²) in [5.74, 6) is 1.32. The van der Waals surface area contributed by atoms with E-state index in [2.05, 4.69) is 27.2 Å². The molecule has 150 valence electrons. The molecule has 0 unspecified atom stereocenters. The Morgan fingerprint density at radius 2 is 2.07 bits per heavy atom. The van der Waals surface area contributed by atoms with Crippen molar-refractivity contribution in [1.29, 1.82) is 0 Å². The van der Waals surface area contributed by atoms with Crippen LogP contribution in [0.1, 0.15) is 57.9 Å². The van der Waals surface area contributed by atoms with Crippen LogP contribution in [-0.2, 0) is 19.4 Å². The summed E-state index contributed by atoms with van der Waals surface area (Å²) in [5.41, 5.74) is 5.88. The fraction of sp³-hybridized carbons (Fsp3) is 0.545. The van der Waals surface area contributed by atoms with Gasteiger partial charge in [0.15, 0.2) is 0 Å². The zero-order chi connectivity index (χ0) is 19.7. The van der Waals surface area contributed by atoms with Gasteiger partial charge in [0.25, 0.3) is 5.91 Å². The van der Waals surface area contributed by atoms with Crippen molar-refractivity contribution >= 4 is 5.91 Å². The van der Waals surface area contributed by atoms with Gasteiger partial charge in [0.1, 0.15) is 5.75 Å². The van der Waals surface area contributed by atoms with Crippen LogP contribution in [0.5, 0.6) is 5.75 Å². The van der Waals surface area contributed by atoms with Crippen molar-refractivity contribution in [2.75, 3.05) is 34.3 Å². The molecule has 1 atom stereocenters. The molecule has 0 spiro atoms. The molecule has 6 nitrogen and oxygen atoms in total. The lowest BCUT2D eigenvalue weighted by Crippen LogP contribution is -2.35. The molecule has 1 aromatic carbocycles. The van der Waals surface area contributed by atoms with Gasteiger partial charge < -0.3 is 9.64 Å². The Labute approximate surface area is 166 Å². The number of hydrogen-bond donors (Lipinski definition) is 1. The minimum Gasteiger partial charge on any atom is -0.496 e. The number of methoxy groups -OCH3 is 1. The number of carbonyl (C=O) groups is 1. The highest BCUT2D eigenvalue weighted by molar-refractivity contribution is 5.94. The summed E-state index contributed by atoms with van der Waals surface area (Å²) in [7, 11) is 5.34. The van der Waals surface area contributed by atoms with Crippen LogP contribution in [0.15, 0.2) is 18.3 Å². The van der Waals surface area contributed by atoms with E-state index in [-0.39, 0.29) is 5.91 Å². The smallest absolute Gasteiger partial charge is 0.256 e. The number of aromatic nitrogens is 2. The quantitative estimate of drug-likeness (QED) is 0.864. The van der Waals surface area contributed by atoms with Crippen LogP contribution in [0.2, 0.25) is 0 Å². The number of H-pyrrole nitrogens is 1. The molecular formula is C22H30N4O2. The lowest BCUT2D eigenvalue weighted by atomic mass is 9.91. The monoisotopic (exact) mass is 382 g/mol. The minimum atomic E-state index is 0.0150. The summed E-state index contributed by atoms with van der Waals surface area (Å²) in [6, 6.07) is 4.59. The Morgan fingerprint density at radius 1 is 1.29 bits per heavy atom. The van der Waals surface area contributed by atoms with Crippen LogP contribution in [-0.4, -0.2) is 60.2 Å². The second kappa shape index (κ2) is 7.95. The predicted molar refractivity (Wildman–Crippen MR) is 109 cm³/mol. The number of fused-ring (bicyclic) bond motifs is 1. The van der Waals surface area contributed by atoms with Crippen molar-refractivity contribution < 1.29 is 9.53 Å². The van der Waals surface area contributed by atoms with E-state index in [0.29, 0.717) is 11.5 Å². The van der Waals surface area contributed by atoms with Gasteiger partial charge in [-0.25, -0.2) is 0 Å². The number of rotatable bonds is 5. The number of aryl methyl sites for hydroxylation is 2. The second-order valence-corrected chi connectivity index (χ2v) is 8.26. The van der Waals surface area contributed by atoms with E-state index >= 15 is 0 Å². The Bertz CT molecular complexity index is 858. The zero-order valence-corrected chi connectivity index (χ0v) is 17.1. The maximum atomic E-state index is 12.5. The first-order chi connectivity index (χ1) is 13.6. The lowest BCUT2D eigenvalue weighted by Gasteiger charge is -2.33. The van der Waals surface area contributed by atoms with Gasteiger partial charge in [-0.2, -0.15) is 5.10 Å². The van der Waals surface area contributed by atoms with E-state index in [1.54, 1.807) is 32.3 Å². The summed E-state index contributed by atoms with van der Waals surface area (Å²) in [6.45, 7) is 2.88. The number of ether oxygens (including phenoxy) is 1. The zero-order valence-electron chi connectivity index (χ0n) is 17.1. The van der Waals surface area contributed by atoms with Crippen molar-refractivity contribution in [2.45, 2.75) is 44.6 Å². The Hall–Kier alpha value is -2.34. The fourth-order valence-electron chi connectivity index (χ4n) is 4.66. The highest BCUT2D eigenvalue weighted by Gasteiger charge is 2.28. The minimum absolute atomic E-state index is 0.0150. The molecule has 2 aromatic rings. The molecule has 0 radical (unpaired) electrons. The normalized spacial score (nSPS) is 19.5. The molecule has 1 aromatic heterocycles. The maximum absolute atomic E-state index is 12.5. The Kier molecular flexibility index (Phi) is 5.40. The van der Waals surface area contributed by atoms with Gasteiger partial charge in [0.2, 0.25) is 0 Å². The number of piperidine rings is 1. The van der Waals surface area contributed by atoms with E-state index in [1.807, 2.05) is 0 Å². The highest BCUT2D eigenvalue weighted by Crippen LogP contribution is 2.33. The average Bonchev–Trinajstić information content (AvgIpc) is 3.35. The van der Waals surface area contributed by atoms with E-state index in [4.69, 9.17) is 4.74 Å². The number of amides is 1. The SMILES string of the molecule is COc1cc2c(cc1CN1CCC[C@H](c3[nH]ncc3C(=O)N(C)C)C1)CCC2. The molecule has 1 fully saturated rings. The summed E-state index contributed by atoms with van der Waals surface area (Å²) in [6.07, 6.45) is 7.45. The summed E-state index contributed by atoms with van der Waals surface area (Å²) in [4.78, 5) is 16.6. The predicted octanol–water partition coefficient (Wildman–Crippen LogP) is 2.99. The first-order valence-corrected chi connectivity index (χ1v) is 10.2. The molecule has 0 saturated carbocycles. The second-order valence-electron chi connectivity index (χ2n) is 8.26. The third kappa shape index (κ3) is 3.65. The molecule has 1 N–H and O–H groups in total. The topological polar surface area (TPSA) is 61.5 Å². The van der Waals surface area contributed by atoms with Gasteiger partial charge in [-0.3, -0.25) is 14.8 Å². The number of nitrogens with one attached hydrogen (secondary N) is 1. The molecule has 1 saturated heterocycles. The fourth-order valence-corrected chi connectivity index (χ4v) is 4.66. The summed E-state index contributed by atoms with van der Waals surface area (Å²) < 4.78 is 5.70. The third-order valence-corrected chi connectivity index (χ3v) is 6.11. The molecule has 2 heterocycles. The van der Waals surface area contributed by atoms with Gasteiger partial charge >= 0.3 is 0 Å². The highest BCUT2D eigenvalue weighted by atomic mass is 16.5. The van der Waals surface area contributed by atoms with Gasteiger partial charge in [-0.15, -0.1) is 0 Å². The van der Waals surface area contributed by atoms with E-state index in [0.717, 1.165) is 43.9 Å². The molecular weight excluding hydrogens is 352 g/mol. The van der Waals surface area contributed by atoms with E-state index < -0.39 is 0 Å². The first kappa shape index (κ1) is 19.0. The van der Waals surface area contributed by atoms with Crippen LogP contribution in [0.4, 0.5) is 0 Å². The van der Waals surface area contributed by atoms with Crippen LogP contribution in [0, 0.1) is 0 Å². The number of aromatic amines is 1. The maximum Gasteiger partial charge on any atom is 0.256 e. The standard InChI is InChI=1S/C22H30N4O2/c1-25(2)22(27)19-12-23-24-21(19)17-8-5-9-26(13-17)14-18-10-15-6-4-7-16(15)11-20(18)28-3/h10-12,17H,4-9,13-14H2,1-3H3,(H,23,24)/t17-/m0/s1. The number of nitrogens with zero attached hydrogens (tertiary/aromatic N) is 3. The Balaban J connectivity index is 1.51. The Morgan fingerprint density at radius 3 is 2.82 bits per heavy atom. The molecule has 0 bridgehead atoms. The number of benzene rings is 1. The third-order valence-electron chi connectivity index (χ3n) is 6.11. The number of hydrogen-bond acceptors (Lipinski definition) is 4. The van der Waals surface area contributed by atoms with Crippen molar-refractivity contribution in [3.8, 4) is 5.75 Å². The van der Waals surface area contributed by atoms with Crippen molar-refractivity contribution in [1.82, 2.24) is 20.0 Å². The van der Waals surface area contributed by atoms with Crippen LogP contribution >= 0.6 is 0 Å². The van der Waals surface area contributed by atoms with Crippen molar-refractivity contribution in [2.24, 2.45) is 0 Å². The van der Waals surface area contributed by atoms with Crippen LogP contribution in [0.3, 0.4) is 0 Å². The lowest BCUT2D eigenvalue weighted by molar-refractivity contribution is 0.0825. The van der Waals surface area contributed by atoms with Gasteiger partial charge in [0, 0.05) is 38.7 Å². The molecule has 2 aliphatic rings. The summed E-state index contributed by atoms with van der Waals surface area (Å²) >= 11 is 0. The first-order valence-electron chi connectivity index (χ1n) is 10.2. The number of likely N-dealkylation sites (tertiary alicyclic amines) is 1. The molecule has 1 amide bonds. The van der Waals surface area contributed by atoms with Crippen LogP contribution in [0.25, 0.3) is 0 Å². The van der Waals surface area contributed by atoms with Gasteiger partial charge in [0.05, 0.1) is 24.6 Å². The van der Waals surface area contributed by atoms with Gasteiger partial charge in [-0.05, 0) is 55.8 Å². The largest absolute Gasteiger partial charge is 0.496 e. The van der Waals surface area contributed by atoms with Crippen LogP contribution < -0.4 is 4.74 Å². The molecule has 4 rings (SSSR count). The summed E-state index contributed by atoms with van der Waals surface area (Å²) in [5, 5.41) is 7.27. The number of carbonyl (C=O) groups excluding carboxylic acids is 1. The van der Waals surface area contributed by atoms with E-state index in [1.165, 1.54) is 36.0 Å².